The lowest BCUT2D eigenvalue weighted by atomic mass is 10.1. The number of piperidine rings is 1. The predicted molar refractivity (Wildman–Crippen MR) is 109 cm³/mol. The van der Waals surface area contributed by atoms with Crippen LogP contribution in [0.2, 0.25) is 0 Å². The number of aryl methyl sites for hydroxylation is 1. The molecular weight excluding hydrogens is 350 g/mol. The van der Waals surface area contributed by atoms with E-state index in [0.29, 0.717) is 9.23 Å². The average molecular weight is 370 g/mol. The van der Waals surface area contributed by atoms with E-state index < -0.39 is 0 Å². The van der Waals surface area contributed by atoms with Crippen LogP contribution in [0.1, 0.15) is 30.4 Å². The highest BCUT2D eigenvalue weighted by atomic mass is 32.2. The third-order valence-electron chi connectivity index (χ3n) is 4.64. The summed E-state index contributed by atoms with van der Waals surface area (Å²) in [6.45, 7) is 4.11. The van der Waals surface area contributed by atoms with E-state index in [9.17, 15) is 4.79 Å². The first-order valence-corrected chi connectivity index (χ1v) is 9.74. The van der Waals surface area contributed by atoms with Crippen LogP contribution < -0.4 is 10.2 Å². The van der Waals surface area contributed by atoms with Gasteiger partial charge in [0.2, 0.25) is 0 Å². The number of para-hydroxylation sites is 1. The van der Waals surface area contributed by atoms with Gasteiger partial charge in [0.15, 0.2) is 0 Å². The van der Waals surface area contributed by atoms with Gasteiger partial charge in [-0.05, 0) is 43.9 Å². The fourth-order valence-corrected chi connectivity index (χ4v) is 4.42. The quantitative estimate of drug-likeness (QED) is 0.640. The molecule has 2 aliphatic rings. The van der Waals surface area contributed by atoms with Crippen molar-refractivity contribution in [2.75, 3.05) is 18.0 Å². The van der Waals surface area contributed by atoms with Crippen molar-refractivity contribution in [3.63, 3.8) is 0 Å². The van der Waals surface area contributed by atoms with Gasteiger partial charge in [-0.2, -0.15) is 0 Å². The summed E-state index contributed by atoms with van der Waals surface area (Å²) in [6, 6.07) is 8.35. The van der Waals surface area contributed by atoms with E-state index in [1.807, 2.05) is 12.1 Å². The Bertz CT molecular complexity index is 901. The van der Waals surface area contributed by atoms with Gasteiger partial charge >= 0.3 is 0 Å². The molecule has 0 spiro atoms. The highest BCUT2D eigenvalue weighted by Crippen LogP contribution is 2.32. The lowest BCUT2D eigenvalue weighted by molar-refractivity contribution is -0.115. The van der Waals surface area contributed by atoms with Crippen molar-refractivity contribution in [3.05, 3.63) is 40.3 Å². The topological polar surface area (TPSA) is 45.2 Å². The molecule has 3 heterocycles. The molecule has 0 radical (unpaired) electrons. The van der Waals surface area contributed by atoms with Crippen molar-refractivity contribution in [2.45, 2.75) is 26.2 Å². The van der Waals surface area contributed by atoms with Gasteiger partial charge in [-0.25, -0.2) is 4.98 Å². The molecule has 0 aliphatic carbocycles. The maximum atomic E-state index is 12.1. The van der Waals surface area contributed by atoms with Gasteiger partial charge in [0.1, 0.15) is 10.1 Å². The molecular formula is C19H19N3OS2. The number of anilines is 1. The van der Waals surface area contributed by atoms with Gasteiger partial charge in [0, 0.05) is 24.0 Å². The van der Waals surface area contributed by atoms with Crippen molar-refractivity contribution in [2.24, 2.45) is 0 Å². The minimum atomic E-state index is -0.121. The molecule has 1 aromatic heterocycles. The number of aromatic nitrogens is 1. The molecule has 2 fully saturated rings. The molecule has 128 valence electrons. The van der Waals surface area contributed by atoms with Crippen LogP contribution >= 0.6 is 24.0 Å². The normalized spacial score (nSPS) is 19.7. The summed E-state index contributed by atoms with van der Waals surface area (Å²) in [4.78, 5) is 20.0. The average Bonchev–Trinajstić information content (AvgIpc) is 2.93. The zero-order valence-electron chi connectivity index (χ0n) is 14.0. The second-order valence-corrected chi connectivity index (χ2v) is 8.17. The third kappa shape index (κ3) is 3.28. The zero-order chi connectivity index (χ0) is 17.4. The number of hydrogen-bond donors (Lipinski definition) is 1. The number of carbonyl (C=O) groups excluding carboxylic acids is 1. The summed E-state index contributed by atoms with van der Waals surface area (Å²) in [5, 5.41) is 3.78. The first-order valence-electron chi connectivity index (χ1n) is 8.52. The summed E-state index contributed by atoms with van der Waals surface area (Å²) in [6.07, 6.45) is 5.57. The van der Waals surface area contributed by atoms with Crippen molar-refractivity contribution < 1.29 is 4.79 Å². The van der Waals surface area contributed by atoms with Crippen LogP contribution in [0, 0.1) is 6.92 Å². The molecule has 2 aromatic rings. The van der Waals surface area contributed by atoms with Crippen molar-refractivity contribution in [1.29, 1.82) is 0 Å². The number of carbonyl (C=O) groups is 1. The van der Waals surface area contributed by atoms with E-state index >= 15 is 0 Å². The maximum absolute atomic E-state index is 12.1. The molecule has 0 bridgehead atoms. The van der Waals surface area contributed by atoms with Crippen LogP contribution in [-0.4, -0.2) is 28.3 Å². The van der Waals surface area contributed by atoms with Gasteiger partial charge in [0.25, 0.3) is 5.91 Å². The zero-order valence-corrected chi connectivity index (χ0v) is 15.7. The van der Waals surface area contributed by atoms with Crippen LogP contribution in [0.25, 0.3) is 17.0 Å². The predicted octanol–water partition coefficient (Wildman–Crippen LogP) is 4.02. The van der Waals surface area contributed by atoms with Gasteiger partial charge in [0.05, 0.1) is 10.4 Å². The van der Waals surface area contributed by atoms with Crippen molar-refractivity contribution in [3.8, 4) is 0 Å². The molecule has 6 heteroatoms. The molecule has 0 atom stereocenters. The van der Waals surface area contributed by atoms with E-state index in [4.69, 9.17) is 17.2 Å². The monoisotopic (exact) mass is 369 g/mol. The smallest absolute Gasteiger partial charge is 0.263 e. The number of nitrogens with zero attached hydrogens (tertiary/aromatic N) is 2. The molecule has 0 saturated carbocycles. The minimum absolute atomic E-state index is 0.121. The van der Waals surface area contributed by atoms with E-state index in [-0.39, 0.29) is 5.91 Å². The molecule has 4 rings (SSSR count). The van der Waals surface area contributed by atoms with Crippen molar-refractivity contribution in [1.82, 2.24) is 10.3 Å². The molecule has 2 aliphatic heterocycles. The SMILES string of the molecule is Cc1cccc2cc(/C=C3/SC(=S)NC3=O)c(N3CCCCC3)nc12. The Balaban J connectivity index is 1.87. The summed E-state index contributed by atoms with van der Waals surface area (Å²) in [5.41, 5.74) is 3.19. The number of thiocarbonyl (C=S) groups is 1. The Morgan fingerprint density at radius 3 is 2.80 bits per heavy atom. The highest BCUT2D eigenvalue weighted by molar-refractivity contribution is 8.26. The molecule has 1 amide bonds. The number of thioether (sulfide) groups is 1. The Morgan fingerprint density at radius 1 is 1.28 bits per heavy atom. The number of pyridine rings is 1. The van der Waals surface area contributed by atoms with Crippen LogP contribution in [0.3, 0.4) is 0 Å². The standard InChI is InChI=1S/C19H19N3OS2/c1-12-6-5-7-13-10-14(11-15-18(23)21-19(24)25-15)17(20-16(12)13)22-8-3-2-4-9-22/h5-7,10-11H,2-4,8-9H2,1H3,(H,21,23,24)/b15-11+. The van der Waals surface area contributed by atoms with Crippen LogP contribution in [0.15, 0.2) is 29.2 Å². The summed E-state index contributed by atoms with van der Waals surface area (Å²) in [7, 11) is 0. The number of fused-ring (bicyclic) bond motifs is 1. The summed E-state index contributed by atoms with van der Waals surface area (Å²) < 4.78 is 0.514. The molecule has 1 N–H and O–H groups in total. The maximum Gasteiger partial charge on any atom is 0.263 e. The van der Waals surface area contributed by atoms with E-state index in [0.717, 1.165) is 35.4 Å². The first-order chi connectivity index (χ1) is 12.1. The Hall–Kier alpha value is -1.92. The number of nitrogens with one attached hydrogen (secondary N) is 1. The third-order valence-corrected chi connectivity index (χ3v) is 5.80. The fourth-order valence-electron chi connectivity index (χ4n) is 3.38. The lowest BCUT2D eigenvalue weighted by Crippen LogP contribution is -2.30. The fraction of sp³-hybridized carbons (Fsp3) is 0.316. The molecule has 1 aromatic carbocycles. The van der Waals surface area contributed by atoms with E-state index in [2.05, 4.69) is 35.3 Å². The van der Waals surface area contributed by atoms with Gasteiger partial charge in [-0.1, -0.05) is 42.2 Å². The van der Waals surface area contributed by atoms with Crippen LogP contribution in [0.4, 0.5) is 5.82 Å². The highest BCUT2D eigenvalue weighted by Gasteiger charge is 2.24. The molecule has 4 nitrogen and oxygen atoms in total. The lowest BCUT2D eigenvalue weighted by Gasteiger charge is -2.29. The molecule has 0 unspecified atom stereocenters. The second kappa shape index (κ2) is 6.77. The number of amides is 1. The number of hydrogen-bond acceptors (Lipinski definition) is 5. The minimum Gasteiger partial charge on any atom is -0.356 e. The van der Waals surface area contributed by atoms with Gasteiger partial charge in [-0.3, -0.25) is 4.79 Å². The number of benzene rings is 1. The summed E-state index contributed by atoms with van der Waals surface area (Å²) in [5.74, 6) is 0.851. The molecule has 25 heavy (non-hydrogen) atoms. The Morgan fingerprint density at radius 2 is 2.08 bits per heavy atom. The van der Waals surface area contributed by atoms with Crippen LogP contribution in [-0.2, 0) is 4.79 Å². The second-order valence-electron chi connectivity index (χ2n) is 6.45. The largest absolute Gasteiger partial charge is 0.356 e. The van der Waals surface area contributed by atoms with Gasteiger partial charge in [-0.15, -0.1) is 0 Å². The van der Waals surface area contributed by atoms with Crippen molar-refractivity contribution >= 4 is 57.0 Å². The van der Waals surface area contributed by atoms with Gasteiger partial charge < -0.3 is 10.2 Å². The number of rotatable bonds is 2. The first kappa shape index (κ1) is 16.5. The Kier molecular flexibility index (Phi) is 4.48. The van der Waals surface area contributed by atoms with Crippen LogP contribution in [0.5, 0.6) is 0 Å². The summed E-state index contributed by atoms with van der Waals surface area (Å²) >= 11 is 6.42. The Labute approximate surface area is 156 Å². The van der Waals surface area contributed by atoms with E-state index in [1.165, 1.54) is 36.6 Å². The molecule has 2 saturated heterocycles. The van der Waals surface area contributed by atoms with E-state index in [1.54, 1.807) is 0 Å².